The highest BCUT2D eigenvalue weighted by atomic mass is 16.5. The molecule has 2 bridgehead atoms. The van der Waals surface area contributed by atoms with E-state index < -0.39 is 0 Å². The second-order valence-corrected chi connectivity index (χ2v) is 6.84. The van der Waals surface area contributed by atoms with Crippen LogP contribution >= 0.6 is 0 Å². The van der Waals surface area contributed by atoms with Crippen LogP contribution in [0.5, 0.6) is 5.75 Å². The number of ether oxygens (including phenoxy) is 3. The lowest BCUT2D eigenvalue weighted by Gasteiger charge is -2.31. The molecule has 0 saturated carbocycles. The summed E-state index contributed by atoms with van der Waals surface area (Å²) in [7, 11) is 0. The summed E-state index contributed by atoms with van der Waals surface area (Å²) >= 11 is 0. The predicted octanol–water partition coefficient (Wildman–Crippen LogP) is 2.32. The van der Waals surface area contributed by atoms with Crippen LogP contribution in [0.2, 0.25) is 0 Å². The van der Waals surface area contributed by atoms with Gasteiger partial charge in [-0.2, -0.15) is 0 Å². The number of nitrogens with zero attached hydrogens (tertiary/aromatic N) is 1. The number of fused-ring (bicyclic) bond motifs is 4. The summed E-state index contributed by atoms with van der Waals surface area (Å²) in [5.41, 5.74) is 1.48. The first-order valence-electron chi connectivity index (χ1n) is 9.03. The topological polar surface area (TPSA) is 65.1 Å². The van der Waals surface area contributed by atoms with Crippen molar-refractivity contribution in [3.05, 3.63) is 29.3 Å². The molecule has 4 rings (SSSR count). The minimum absolute atomic E-state index is 0.00117. The van der Waals surface area contributed by atoms with E-state index in [0.717, 1.165) is 24.8 Å². The molecule has 2 atom stereocenters. The number of hydrogen-bond acceptors (Lipinski definition) is 5. The second-order valence-electron chi connectivity index (χ2n) is 6.84. The van der Waals surface area contributed by atoms with E-state index in [9.17, 15) is 9.59 Å². The summed E-state index contributed by atoms with van der Waals surface area (Å²) < 4.78 is 16.5. The summed E-state index contributed by atoms with van der Waals surface area (Å²) in [6, 6.07) is 5.45. The molecule has 2 saturated heterocycles. The Bertz CT molecular complexity index is 682. The van der Waals surface area contributed by atoms with E-state index in [4.69, 9.17) is 14.2 Å². The molecule has 3 aliphatic rings. The summed E-state index contributed by atoms with van der Waals surface area (Å²) in [6.45, 7) is 4.06. The van der Waals surface area contributed by atoms with Gasteiger partial charge in [-0.1, -0.05) is 6.07 Å². The predicted molar refractivity (Wildman–Crippen MR) is 89.4 cm³/mol. The van der Waals surface area contributed by atoms with Crippen LogP contribution in [0.4, 0.5) is 0 Å². The molecule has 6 heteroatoms. The molecule has 134 valence electrons. The smallest absolute Gasteiger partial charge is 0.338 e. The molecule has 2 fully saturated rings. The van der Waals surface area contributed by atoms with Crippen molar-refractivity contribution in [2.24, 2.45) is 5.92 Å². The second kappa shape index (κ2) is 6.67. The third-order valence-corrected chi connectivity index (χ3v) is 5.29. The molecule has 0 aliphatic carbocycles. The minimum atomic E-state index is -0.345. The molecule has 6 nitrogen and oxygen atoms in total. The zero-order valence-corrected chi connectivity index (χ0v) is 14.4. The van der Waals surface area contributed by atoms with Crippen LogP contribution in [0.15, 0.2) is 18.2 Å². The first-order valence-corrected chi connectivity index (χ1v) is 9.03. The number of esters is 1. The largest absolute Gasteiger partial charge is 0.488 e. The first kappa shape index (κ1) is 16.4. The van der Waals surface area contributed by atoms with Crippen LogP contribution in [0, 0.1) is 5.92 Å². The fourth-order valence-electron chi connectivity index (χ4n) is 4.03. The lowest BCUT2D eigenvalue weighted by atomic mass is 9.95. The number of carbonyl (C=O) groups is 2. The summed E-state index contributed by atoms with van der Waals surface area (Å²) in [5.74, 6) is 0.619. The molecule has 0 N–H and O–H groups in total. The summed E-state index contributed by atoms with van der Waals surface area (Å²) in [4.78, 5) is 26.9. The van der Waals surface area contributed by atoms with Gasteiger partial charge in [0.15, 0.2) is 0 Å². The summed E-state index contributed by atoms with van der Waals surface area (Å²) in [6.07, 6.45) is 2.41. The average Bonchev–Trinajstić information content (AvgIpc) is 2.99. The summed E-state index contributed by atoms with van der Waals surface area (Å²) in [5, 5.41) is 0. The molecular weight excluding hydrogens is 322 g/mol. The third kappa shape index (κ3) is 2.99. The fourth-order valence-corrected chi connectivity index (χ4v) is 4.03. The van der Waals surface area contributed by atoms with Gasteiger partial charge in [-0.3, -0.25) is 4.79 Å². The number of rotatable bonds is 3. The molecule has 1 aromatic carbocycles. The Balaban J connectivity index is 1.57. The lowest BCUT2D eigenvalue weighted by molar-refractivity contribution is -0.139. The van der Waals surface area contributed by atoms with Crippen LogP contribution in [0.3, 0.4) is 0 Å². The van der Waals surface area contributed by atoms with Crippen LogP contribution in [-0.4, -0.2) is 49.2 Å². The van der Waals surface area contributed by atoms with Gasteiger partial charge in [0.2, 0.25) is 5.91 Å². The van der Waals surface area contributed by atoms with Gasteiger partial charge in [-0.05, 0) is 31.9 Å². The number of likely N-dealkylation sites (tertiary alicyclic amines) is 1. The highest BCUT2D eigenvalue weighted by Gasteiger charge is 2.44. The molecule has 2 unspecified atom stereocenters. The van der Waals surface area contributed by atoms with Crippen molar-refractivity contribution in [2.75, 3.05) is 26.4 Å². The zero-order chi connectivity index (χ0) is 17.4. The van der Waals surface area contributed by atoms with Crippen molar-refractivity contribution in [3.8, 4) is 5.75 Å². The maximum absolute atomic E-state index is 13.0. The Kier molecular flexibility index (Phi) is 4.37. The molecule has 3 aliphatic heterocycles. The maximum atomic E-state index is 13.0. The number of hydrogen-bond donors (Lipinski definition) is 0. The monoisotopic (exact) mass is 345 g/mol. The van der Waals surface area contributed by atoms with Crippen molar-refractivity contribution in [3.63, 3.8) is 0 Å². The van der Waals surface area contributed by atoms with Gasteiger partial charge in [-0.15, -0.1) is 0 Å². The standard InChI is InChI=1S/C19H23NO5/c1-2-24-19(22)13-3-4-15-16-10-14(25-17(15)9-13)11-20(16)18(21)12-5-7-23-8-6-12/h3-4,9,12,14,16H,2,5-8,10-11H2,1H3. The first-order chi connectivity index (χ1) is 12.2. The SMILES string of the molecule is CCOC(=O)c1ccc2c(c1)OC1CC2N(C(=O)C2CCOCC2)C1. The van der Waals surface area contributed by atoms with Gasteiger partial charge in [0.05, 0.1) is 24.8 Å². The normalized spacial score (nSPS) is 25.2. The number of carbonyl (C=O) groups excluding carboxylic acids is 2. The molecular formula is C19H23NO5. The lowest BCUT2D eigenvalue weighted by Crippen LogP contribution is -2.38. The van der Waals surface area contributed by atoms with Crippen molar-refractivity contribution in [1.82, 2.24) is 4.90 Å². The minimum Gasteiger partial charge on any atom is -0.488 e. The van der Waals surface area contributed by atoms with E-state index >= 15 is 0 Å². The van der Waals surface area contributed by atoms with E-state index in [2.05, 4.69) is 0 Å². The average molecular weight is 345 g/mol. The Morgan fingerprint density at radius 3 is 2.84 bits per heavy atom. The van der Waals surface area contributed by atoms with Gasteiger partial charge in [-0.25, -0.2) is 4.79 Å². The van der Waals surface area contributed by atoms with Crippen LogP contribution in [0.25, 0.3) is 0 Å². The maximum Gasteiger partial charge on any atom is 0.338 e. The van der Waals surface area contributed by atoms with Crippen LogP contribution in [-0.2, 0) is 14.3 Å². The molecule has 0 radical (unpaired) electrons. The zero-order valence-electron chi connectivity index (χ0n) is 14.4. The van der Waals surface area contributed by atoms with Crippen LogP contribution in [0.1, 0.15) is 48.1 Å². The van der Waals surface area contributed by atoms with E-state index in [-0.39, 0.29) is 29.9 Å². The molecule has 25 heavy (non-hydrogen) atoms. The highest BCUT2D eigenvalue weighted by molar-refractivity contribution is 5.90. The Hall–Kier alpha value is -2.08. The fraction of sp³-hybridized carbons (Fsp3) is 0.579. The van der Waals surface area contributed by atoms with Crippen molar-refractivity contribution in [1.29, 1.82) is 0 Å². The van der Waals surface area contributed by atoms with Gasteiger partial charge in [0.1, 0.15) is 11.9 Å². The molecule has 1 aromatic rings. The van der Waals surface area contributed by atoms with E-state index in [0.29, 0.717) is 37.7 Å². The van der Waals surface area contributed by atoms with E-state index in [1.54, 1.807) is 19.1 Å². The Morgan fingerprint density at radius 1 is 1.28 bits per heavy atom. The van der Waals surface area contributed by atoms with Gasteiger partial charge in [0.25, 0.3) is 0 Å². The van der Waals surface area contributed by atoms with Crippen molar-refractivity contribution < 1.29 is 23.8 Å². The van der Waals surface area contributed by atoms with Crippen molar-refractivity contribution in [2.45, 2.75) is 38.3 Å². The molecule has 3 heterocycles. The van der Waals surface area contributed by atoms with E-state index in [1.165, 1.54) is 0 Å². The Labute approximate surface area is 147 Å². The van der Waals surface area contributed by atoms with Gasteiger partial charge >= 0.3 is 5.97 Å². The van der Waals surface area contributed by atoms with Crippen LogP contribution < -0.4 is 4.74 Å². The third-order valence-electron chi connectivity index (χ3n) is 5.29. The number of benzene rings is 1. The highest BCUT2D eigenvalue weighted by Crippen LogP contribution is 2.44. The van der Waals surface area contributed by atoms with Crippen molar-refractivity contribution >= 4 is 11.9 Å². The molecule has 0 spiro atoms. The Morgan fingerprint density at radius 2 is 2.08 bits per heavy atom. The number of amides is 1. The molecule has 1 amide bonds. The quantitative estimate of drug-likeness (QED) is 0.787. The van der Waals surface area contributed by atoms with Gasteiger partial charge < -0.3 is 19.1 Å². The van der Waals surface area contributed by atoms with Gasteiger partial charge in [0, 0.05) is 31.1 Å². The molecule has 0 aromatic heterocycles. The van der Waals surface area contributed by atoms with E-state index in [1.807, 2.05) is 11.0 Å².